The molecule has 0 aromatic rings. The molecule has 0 radical (unpaired) electrons. The maximum absolute atomic E-state index is 12.5. The van der Waals surface area contributed by atoms with Crippen molar-refractivity contribution in [2.45, 2.75) is 66.0 Å². The molecule has 1 fully saturated rings. The molecule has 2 unspecified atom stereocenters. The van der Waals surface area contributed by atoms with Crippen LogP contribution in [0.15, 0.2) is 0 Å². The number of piperidine rings is 1. The van der Waals surface area contributed by atoms with Gasteiger partial charge in [0, 0.05) is 25.2 Å². The second-order valence-corrected chi connectivity index (χ2v) is 7.32. The third-order valence-electron chi connectivity index (χ3n) is 4.45. The largest absolute Gasteiger partial charge is 0.342 e. The van der Waals surface area contributed by atoms with Gasteiger partial charge in [0.15, 0.2) is 0 Å². The van der Waals surface area contributed by atoms with Crippen molar-refractivity contribution in [1.82, 2.24) is 15.1 Å². The molecule has 4 nitrogen and oxygen atoms in total. The summed E-state index contributed by atoms with van der Waals surface area (Å²) in [5.74, 6) is 0.939. The van der Waals surface area contributed by atoms with Gasteiger partial charge in [-0.1, -0.05) is 0 Å². The van der Waals surface area contributed by atoms with Gasteiger partial charge in [0.2, 0.25) is 5.91 Å². The number of nitrogens with zero attached hydrogens (tertiary/aromatic N) is 2. The van der Waals surface area contributed by atoms with Gasteiger partial charge in [-0.3, -0.25) is 9.69 Å². The molecule has 21 heavy (non-hydrogen) atoms. The quantitative estimate of drug-likeness (QED) is 0.817. The van der Waals surface area contributed by atoms with Gasteiger partial charge in [-0.25, -0.2) is 0 Å². The van der Waals surface area contributed by atoms with Crippen molar-refractivity contribution < 1.29 is 4.79 Å². The Morgan fingerprint density at radius 1 is 1.33 bits per heavy atom. The molecule has 1 heterocycles. The number of rotatable bonds is 6. The molecule has 124 valence electrons. The highest BCUT2D eigenvalue weighted by molar-refractivity contribution is 5.81. The zero-order valence-electron chi connectivity index (χ0n) is 14.9. The van der Waals surface area contributed by atoms with Gasteiger partial charge in [-0.2, -0.15) is 0 Å². The standard InChI is InChI=1S/C17H35N3O/c1-7-19(8-2)16(21)14(3)20-11-9-10-15(13-20)12-18-17(4,5)6/h14-15,18H,7-13H2,1-6H3. The maximum atomic E-state index is 12.5. The Bertz CT molecular complexity index is 320. The number of hydrogen-bond acceptors (Lipinski definition) is 3. The first kappa shape index (κ1) is 18.4. The van der Waals surface area contributed by atoms with Gasteiger partial charge in [0.05, 0.1) is 6.04 Å². The van der Waals surface area contributed by atoms with E-state index in [0.717, 1.165) is 32.7 Å². The summed E-state index contributed by atoms with van der Waals surface area (Å²) in [5.41, 5.74) is 0.172. The molecule has 1 aliphatic rings. The SMILES string of the molecule is CCN(CC)C(=O)C(C)N1CCCC(CNC(C)(C)C)C1. The molecule has 1 aliphatic heterocycles. The van der Waals surface area contributed by atoms with E-state index in [-0.39, 0.29) is 17.5 Å². The molecule has 2 atom stereocenters. The van der Waals surface area contributed by atoms with E-state index in [4.69, 9.17) is 0 Å². The van der Waals surface area contributed by atoms with Crippen LogP contribution < -0.4 is 5.32 Å². The van der Waals surface area contributed by atoms with Crippen molar-refractivity contribution in [3.05, 3.63) is 0 Å². The van der Waals surface area contributed by atoms with Crippen LogP contribution in [0.5, 0.6) is 0 Å². The van der Waals surface area contributed by atoms with Gasteiger partial charge in [0.1, 0.15) is 0 Å². The predicted octanol–water partition coefficient (Wildman–Crippen LogP) is 2.34. The molecule has 4 heteroatoms. The van der Waals surface area contributed by atoms with E-state index in [1.807, 2.05) is 4.90 Å². The fraction of sp³-hybridized carbons (Fsp3) is 0.941. The molecular formula is C17H35N3O. The Morgan fingerprint density at radius 2 is 1.95 bits per heavy atom. The van der Waals surface area contributed by atoms with Crippen LogP contribution in [0.25, 0.3) is 0 Å². The van der Waals surface area contributed by atoms with E-state index in [1.165, 1.54) is 12.8 Å². The lowest BCUT2D eigenvalue weighted by atomic mass is 9.95. The smallest absolute Gasteiger partial charge is 0.239 e. The molecule has 1 saturated heterocycles. The number of hydrogen-bond donors (Lipinski definition) is 1. The summed E-state index contributed by atoms with van der Waals surface area (Å²) in [7, 11) is 0. The first-order valence-corrected chi connectivity index (χ1v) is 8.56. The van der Waals surface area contributed by atoms with Gasteiger partial charge >= 0.3 is 0 Å². The fourth-order valence-corrected chi connectivity index (χ4v) is 3.02. The van der Waals surface area contributed by atoms with Crippen LogP contribution in [-0.4, -0.2) is 60.0 Å². The van der Waals surface area contributed by atoms with Gasteiger partial charge < -0.3 is 10.2 Å². The third-order valence-corrected chi connectivity index (χ3v) is 4.45. The van der Waals surface area contributed by atoms with Crippen molar-refractivity contribution in [2.75, 3.05) is 32.7 Å². The van der Waals surface area contributed by atoms with Gasteiger partial charge in [-0.15, -0.1) is 0 Å². The number of likely N-dealkylation sites (tertiary alicyclic amines) is 1. The van der Waals surface area contributed by atoms with Crippen molar-refractivity contribution >= 4 is 5.91 Å². The van der Waals surface area contributed by atoms with Gasteiger partial charge in [-0.05, 0) is 73.4 Å². The second-order valence-electron chi connectivity index (χ2n) is 7.32. The summed E-state index contributed by atoms with van der Waals surface area (Å²) in [4.78, 5) is 16.8. The second kappa shape index (κ2) is 8.14. The van der Waals surface area contributed by atoms with Crippen LogP contribution in [0.1, 0.15) is 54.4 Å². The maximum Gasteiger partial charge on any atom is 0.239 e. The highest BCUT2D eigenvalue weighted by Gasteiger charge is 2.29. The Morgan fingerprint density at radius 3 is 2.48 bits per heavy atom. The first-order valence-electron chi connectivity index (χ1n) is 8.56. The fourth-order valence-electron chi connectivity index (χ4n) is 3.02. The molecule has 0 bridgehead atoms. The molecule has 0 spiro atoms. The molecule has 1 rings (SSSR count). The number of likely N-dealkylation sites (N-methyl/N-ethyl adjacent to an activating group) is 1. The third kappa shape index (κ3) is 5.95. The highest BCUT2D eigenvalue weighted by atomic mass is 16.2. The summed E-state index contributed by atoms with van der Waals surface area (Å²) in [5, 5.41) is 3.60. The lowest BCUT2D eigenvalue weighted by molar-refractivity contribution is -0.136. The van der Waals surface area contributed by atoms with Crippen LogP contribution in [0, 0.1) is 5.92 Å². The van der Waals surface area contributed by atoms with Crippen molar-refractivity contribution in [1.29, 1.82) is 0 Å². The Hall–Kier alpha value is -0.610. The zero-order valence-corrected chi connectivity index (χ0v) is 14.9. The van der Waals surface area contributed by atoms with Crippen molar-refractivity contribution in [3.8, 4) is 0 Å². The van der Waals surface area contributed by atoms with Crippen molar-refractivity contribution in [2.24, 2.45) is 5.92 Å². The van der Waals surface area contributed by atoms with E-state index in [9.17, 15) is 4.79 Å². The summed E-state index contributed by atoms with van der Waals surface area (Å²) < 4.78 is 0. The minimum absolute atomic E-state index is 0.0161. The van der Waals surface area contributed by atoms with Crippen molar-refractivity contribution in [3.63, 3.8) is 0 Å². The number of carbonyl (C=O) groups is 1. The molecule has 1 amide bonds. The summed E-state index contributed by atoms with van der Waals surface area (Å²) in [6.07, 6.45) is 2.47. The van der Waals surface area contributed by atoms with Crippen LogP contribution in [0.4, 0.5) is 0 Å². The first-order chi connectivity index (χ1) is 9.78. The summed E-state index contributed by atoms with van der Waals surface area (Å²) >= 11 is 0. The normalized spacial score (nSPS) is 22.1. The van der Waals surface area contributed by atoms with E-state index in [0.29, 0.717) is 5.92 Å². The van der Waals surface area contributed by atoms with Crippen LogP contribution in [0.2, 0.25) is 0 Å². The van der Waals surface area contributed by atoms with E-state index >= 15 is 0 Å². The van der Waals surface area contributed by atoms with Gasteiger partial charge in [0.25, 0.3) is 0 Å². The monoisotopic (exact) mass is 297 g/mol. The Balaban J connectivity index is 2.53. The molecular weight excluding hydrogens is 262 g/mol. The molecule has 0 aromatic carbocycles. The van der Waals surface area contributed by atoms with Crippen LogP contribution >= 0.6 is 0 Å². The zero-order chi connectivity index (χ0) is 16.0. The molecule has 0 aromatic heterocycles. The highest BCUT2D eigenvalue weighted by Crippen LogP contribution is 2.19. The minimum atomic E-state index is 0.0161. The van der Waals surface area contributed by atoms with E-state index < -0.39 is 0 Å². The average Bonchev–Trinajstić information content (AvgIpc) is 2.45. The lowest BCUT2D eigenvalue weighted by Gasteiger charge is -2.38. The lowest BCUT2D eigenvalue weighted by Crippen LogP contribution is -2.52. The van der Waals surface area contributed by atoms with E-state index in [2.05, 4.69) is 51.8 Å². The average molecular weight is 297 g/mol. The Kier molecular flexibility index (Phi) is 7.14. The molecule has 1 N–H and O–H groups in total. The van der Waals surface area contributed by atoms with Crippen LogP contribution in [0.3, 0.4) is 0 Å². The number of carbonyl (C=O) groups excluding carboxylic acids is 1. The minimum Gasteiger partial charge on any atom is -0.342 e. The molecule has 0 saturated carbocycles. The predicted molar refractivity (Wildman–Crippen MR) is 89.4 cm³/mol. The van der Waals surface area contributed by atoms with Crippen LogP contribution in [-0.2, 0) is 4.79 Å². The number of amides is 1. The summed E-state index contributed by atoms with van der Waals surface area (Å²) in [6, 6.07) is 0.0161. The topological polar surface area (TPSA) is 35.6 Å². The Labute approximate surface area is 131 Å². The van der Waals surface area contributed by atoms with E-state index in [1.54, 1.807) is 0 Å². The summed E-state index contributed by atoms with van der Waals surface area (Å²) in [6.45, 7) is 17.6. The molecule has 0 aliphatic carbocycles. The number of nitrogens with one attached hydrogen (secondary N) is 1.